The summed E-state index contributed by atoms with van der Waals surface area (Å²) in [6.07, 6.45) is 2.05. The van der Waals surface area contributed by atoms with Crippen molar-refractivity contribution in [1.82, 2.24) is 4.90 Å². The van der Waals surface area contributed by atoms with Crippen LogP contribution in [0, 0.1) is 0 Å². The quantitative estimate of drug-likeness (QED) is 0.901. The Labute approximate surface area is 136 Å². The normalized spacial score (nSPS) is 19.4. The van der Waals surface area contributed by atoms with Gasteiger partial charge < -0.3 is 15.5 Å². The van der Waals surface area contributed by atoms with Gasteiger partial charge in [0.15, 0.2) is 0 Å². The zero-order chi connectivity index (χ0) is 16.3. The second-order valence-corrected chi connectivity index (χ2v) is 6.00. The molecule has 120 valence electrons. The first-order valence-electron chi connectivity index (χ1n) is 7.55. The van der Waals surface area contributed by atoms with Gasteiger partial charge in [0, 0.05) is 13.6 Å². The SMILES string of the molecule is CCCC(N)C(=O)N(C)C1CCN(c2ccccc2Cl)C1=O. The number of nitrogens with zero attached hydrogens (tertiary/aromatic N) is 2. The Morgan fingerprint density at radius 3 is 2.82 bits per heavy atom. The number of carbonyl (C=O) groups excluding carboxylic acids is 2. The summed E-state index contributed by atoms with van der Waals surface area (Å²) in [4.78, 5) is 28.0. The standard InChI is InChI=1S/C16H22ClN3O2/c1-3-6-12(18)15(21)19(2)14-9-10-20(16(14)22)13-8-5-4-7-11(13)17/h4-5,7-8,12,14H,3,6,9-10,18H2,1-2H3. The molecule has 1 aliphatic rings. The summed E-state index contributed by atoms with van der Waals surface area (Å²) >= 11 is 6.16. The van der Waals surface area contributed by atoms with Gasteiger partial charge in [0.05, 0.1) is 16.8 Å². The molecule has 1 fully saturated rings. The van der Waals surface area contributed by atoms with Gasteiger partial charge in [-0.15, -0.1) is 0 Å². The lowest BCUT2D eigenvalue weighted by Crippen LogP contribution is -2.49. The van der Waals surface area contributed by atoms with Crippen LogP contribution in [0.5, 0.6) is 0 Å². The number of likely N-dealkylation sites (N-methyl/N-ethyl adjacent to an activating group) is 1. The monoisotopic (exact) mass is 323 g/mol. The first-order valence-corrected chi connectivity index (χ1v) is 7.93. The molecule has 2 N–H and O–H groups in total. The fraction of sp³-hybridized carbons (Fsp3) is 0.500. The Hall–Kier alpha value is -1.59. The summed E-state index contributed by atoms with van der Waals surface area (Å²) in [6.45, 7) is 2.53. The predicted molar refractivity (Wildman–Crippen MR) is 87.9 cm³/mol. The van der Waals surface area contributed by atoms with Crippen LogP contribution in [0.3, 0.4) is 0 Å². The minimum absolute atomic E-state index is 0.104. The number of halogens is 1. The van der Waals surface area contributed by atoms with Crippen molar-refractivity contribution < 1.29 is 9.59 Å². The highest BCUT2D eigenvalue weighted by Gasteiger charge is 2.38. The largest absolute Gasteiger partial charge is 0.332 e. The molecule has 1 saturated heterocycles. The van der Waals surface area contributed by atoms with Gasteiger partial charge in [0.2, 0.25) is 11.8 Å². The van der Waals surface area contributed by atoms with Crippen molar-refractivity contribution in [1.29, 1.82) is 0 Å². The van der Waals surface area contributed by atoms with E-state index in [0.29, 0.717) is 30.1 Å². The van der Waals surface area contributed by atoms with Gasteiger partial charge in [-0.2, -0.15) is 0 Å². The van der Waals surface area contributed by atoms with E-state index in [1.807, 2.05) is 25.1 Å². The number of carbonyl (C=O) groups is 2. The van der Waals surface area contributed by atoms with Crippen LogP contribution in [0.15, 0.2) is 24.3 Å². The van der Waals surface area contributed by atoms with Gasteiger partial charge in [0.25, 0.3) is 0 Å². The number of benzene rings is 1. The molecular formula is C16H22ClN3O2. The number of hydrogen-bond donors (Lipinski definition) is 1. The summed E-state index contributed by atoms with van der Waals surface area (Å²) < 4.78 is 0. The molecule has 2 rings (SSSR count). The van der Waals surface area contributed by atoms with Crippen LogP contribution in [0.2, 0.25) is 5.02 Å². The third-order valence-corrected chi connectivity index (χ3v) is 4.37. The Morgan fingerprint density at radius 1 is 1.50 bits per heavy atom. The van der Waals surface area contributed by atoms with Crippen LogP contribution in [-0.4, -0.2) is 42.4 Å². The summed E-state index contributed by atoms with van der Waals surface area (Å²) in [5.41, 5.74) is 6.56. The molecule has 0 radical (unpaired) electrons. The number of nitrogens with two attached hydrogens (primary N) is 1. The van der Waals surface area contributed by atoms with Crippen molar-refractivity contribution in [3.05, 3.63) is 29.3 Å². The van der Waals surface area contributed by atoms with Gasteiger partial charge in [-0.3, -0.25) is 9.59 Å². The van der Waals surface area contributed by atoms with Crippen molar-refractivity contribution in [2.45, 2.75) is 38.3 Å². The lowest BCUT2D eigenvalue weighted by Gasteiger charge is -2.26. The number of amides is 2. The molecule has 6 heteroatoms. The van der Waals surface area contributed by atoms with Crippen LogP contribution >= 0.6 is 11.6 Å². The van der Waals surface area contributed by atoms with E-state index in [1.165, 1.54) is 4.90 Å². The molecule has 5 nitrogen and oxygen atoms in total. The van der Waals surface area contributed by atoms with E-state index in [0.717, 1.165) is 6.42 Å². The Morgan fingerprint density at radius 2 is 2.18 bits per heavy atom. The number of anilines is 1. The predicted octanol–water partition coefficient (Wildman–Crippen LogP) is 2.03. The summed E-state index contributed by atoms with van der Waals surface area (Å²) in [6, 6.07) is 6.22. The molecule has 2 amide bonds. The van der Waals surface area contributed by atoms with Crippen LogP contribution < -0.4 is 10.6 Å². The molecule has 0 bridgehead atoms. The highest BCUT2D eigenvalue weighted by Crippen LogP contribution is 2.30. The molecule has 0 spiro atoms. The van der Waals surface area contributed by atoms with Crippen LogP contribution in [-0.2, 0) is 9.59 Å². The summed E-state index contributed by atoms with van der Waals surface area (Å²) in [5.74, 6) is -0.283. The molecule has 1 aliphatic heterocycles. The second kappa shape index (κ2) is 7.11. The highest BCUT2D eigenvalue weighted by atomic mass is 35.5. The van der Waals surface area contributed by atoms with Crippen LogP contribution in [0.25, 0.3) is 0 Å². The highest BCUT2D eigenvalue weighted by molar-refractivity contribution is 6.34. The van der Waals surface area contributed by atoms with E-state index in [4.69, 9.17) is 17.3 Å². The van der Waals surface area contributed by atoms with Crippen molar-refractivity contribution in [3.8, 4) is 0 Å². The van der Waals surface area contributed by atoms with E-state index < -0.39 is 12.1 Å². The topological polar surface area (TPSA) is 66.6 Å². The Bertz CT molecular complexity index is 564. The summed E-state index contributed by atoms with van der Waals surface area (Å²) in [5, 5.41) is 0.535. The molecule has 1 aromatic rings. The minimum Gasteiger partial charge on any atom is -0.332 e. The molecular weight excluding hydrogens is 302 g/mol. The molecule has 2 unspecified atom stereocenters. The molecule has 1 aromatic carbocycles. The molecule has 1 heterocycles. The van der Waals surface area contributed by atoms with E-state index >= 15 is 0 Å². The molecule has 2 atom stereocenters. The van der Waals surface area contributed by atoms with Crippen LogP contribution in [0.4, 0.5) is 5.69 Å². The zero-order valence-corrected chi connectivity index (χ0v) is 13.7. The molecule has 0 aromatic heterocycles. The second-order valence-electron chi connectivity index (χ2n) is 5.59. The van der Waals surface area contributed by atoms with Gasteiger partial charge in [0.1, 0.15) is 6.04 Å². The fourth-order valence-electron chi connectivity index (χ4n) is 2.78. The third-order valence-electron chi connectivity index (χ3n) is 4.05. The number of para-hydroxylation sites is 1. The molecule has 0 aliphatic carbocycles. The smallest absolute Gasteiger partial charge is 0.249 e. The molecule has 0 saturated carbocycles. The van der Waals surface area contributed by atoms with Gasteiger partial charge in [-0.05, 0) is 25.0 Å². The van der Waals surface area contributed by atoms with Gasteiger partial charge >= 0.3 is 0 Å². The Balaban J connectivity index is 2.11. The van der Waals surface area contributed by atoms with E-state index in [2.05, 4.69) is 0 Å². The Kier molecular flexibility index (Phi) is 5.42. The lowest BCUT2D eigenvalue weighted by molar-refractivity contribution is -0.137. The number of rotatable bonds is 5. The minimum atomic E-state index is -0.544. The zero-order valence-electron chi connectivity index (χ0n) is 13.0. The van der Waals surface area contributed by atoms with Crippen molar-refractivity contribution in [2.24, 2.45) is 5.73 Å². The average molecular weight is 324 g/mol. The first kappa shape index (κ1) is 16.8. The maximum absolute atomic E-state index is 12.6. The summed E-state index contributed by atoms with van der Waals surface area (Å²) in [7, 11) is 1.65. The van der Waals surface area contributed by atoms with Crippen molar-refractivity contribution in [3.63, 3.8) is 0 Å². The van der Waals surface area contributed by atoms with E-state index in [-0.39, 0.29) is 11.8 Å². The first-order chi connectivity index (χ1) is 10.5. The van der Waals surface area contributed by atoms with E-state index in [1.54, 1.807) is 18.0 Å². The van der Waals surface area contributed by atoms with Crippen molar-refractivity contribution in [2.75, 3.05) is 18.5 Å². The average Bonchev–Trinajstić information content (AvgIpc) is 2.88. The fourth-order valence-corrected chi connectivity index (χ4v) is 3.02. The van der Waals surface area contributed by atoms with Gasteiger partial charge in [-0.1, -0.05) is 37.1 Å². The maximum atomic E-state index is 12.6. The van der Waals surface area contributed by atoms with Crippen molar-refractivity contribution >= 4 is 29.1 Å². The van der Waals surface area contributed by atoms with Gasteiger partial charge in [-0.25, -0.2) is 0 Å². The maximum Gasteiger partial charge on any atom is 0.249 e. The van der Waals surface area contributed by atoms with Crippen LogP contribution in [0.1, 0.15) is 26.2 Å². The lowest BCUT2D eigenvalue weighted by atomic mass is 10.1. The number of hydrogen-bond acceptors (Lipinski definition) is 3. The van der Waals surface area contributed by atoms with E-state index in [9.17, 15) is 9.59 Å². The third kappa shape index (κ3) is 3.25. The molecule has 22 heavy (non-hydrogen) atoms.